The lowest BCUT2D eigenvalue weighted by Crippen LogP contribution is -2.42. The first kappa shape index (κ1) is 18.2. The van der Waals surface area contributed by atoms with Crippen molar-refractivity contribution in [2.75, 3.05) is 32.9 Å². The number of nitrogens with zero attached hydrogens (tertiary/aromatic N) is 2. The van der Waals surface area contributed by atoms with Gasteiger partial charge in [0.1, 0.15) is 11.5 Å². The van der Waals surface area contributed by atoms with Crippen LogP contribution in [0.5, 0.6) is 0 Å². The highest BCUT2D eigenvalue weighted by Gasteiger charge is 2.21. The summed E-state index contributed by atoms with van der Waals surface area (Å²) >= 11 is 0. The zero-order chi connectivity index (χ0) is 19.5. The molecule has 1 amide bonds. The van der Waals surface area contributed by atoms with Crippen LogP contribution in [0, 0.1) is 6.92 Å². The molecule has 144 valence electrons. The minimum Gasteiger partial charge on any atom is -0.460 e. The van der Waals surface area contributed by atoms with Gasteiger partial charge in [0.25, 0.3) is 5.91 Å². The molecule has 0 bridgehead atoms. The number of para-hydroxylation sites is 1. The number of fused-ring (bicyclic) bond motifs is 1. The van der Waals surface area contributed by atoms with Gasteiger partial charge < -0.3 is 18.8 Å². The maximum absolute atomic E-state index is 12.8. The van der Waals surface area contributed by atoms with E-state index in [1.54, 1.807) is 17.0 Å². The largest absolute Gasteiger partial charge is 0.460 e. The third kappa shape index (κ3) is 3.75. The van der Waals surface area contributed by atoms with E-state index in [1.165, 1.54) is 0 Å². The number of aryl methyl sites for hydroxylation is 1. The molecule has 1 aliphatic heterocycles. The number of hydrogen-bond acceptors (Lipinski definition) is 6. The van der Waals surface area contributed by atoms with E-state index in [0.29, 0.717) is 54.2 Å². The van der Waals surface area contributed by atoms with Gasteiger partial charge in [0.2, 0.25) is 0 Å². The molecule has 0 atom stereocenters. The fourth-order valence-corrected chi connectivity index (χ4v) is 3.15. The summed E-state index contributed by atoms with van der Waals surface area (Å²) in [6.45, 7) is 3.57. The highest BCUT2D eigenvalue weighted by molar-refractivity contribution is 6.05. The molecule has 28 heavy (non-hydrogen) atoms. The van der Waals surface area contributed by atoms with Gasteiger partial charge in [-0.1, -0.05) is 18.2 Å². The molecule has 1 fully saturated rings. The first-order valence-corrected chi connectivity index (χ1v) is 9.11. The Hall–Kier alpha value is -3.19. The molecule has 0 aliphatic carbocycles. The van der Waals surface area contributed by atoms with Crippen LogP contribution in [0.3, 0.4) is 0 Å². The summed E-state index contributed by atoms with van der Waals surface area (Å²) in [5.74, 6) is 0.536. The third-order valence-electron chi connectivity index (χ3n) is 4.62. The van der Waals surface area contributed by atoms with E-state index in [-0.39, 0.29) is 12.5 Å². The number of hydrogen-bond donors (Lipinski definition) is 0. The van der Waals surface area contributed by atoms with Crippen LogP contribution in [-0.2, 0) is 14.3 Å². The number of benzene rings is 1. The molecule has 7 heteroatoms. The Morgan fingerprint density at radius 2 is 1.93 bits per heavy atom. The van der Waals surface area contributed by atoms with Crippen LogP contribution >= 0.6 is 0 Å². The summed E-state index contributed by atoms with van der Waals surface area (Å²) in [5, 5.41) is 0.665. The molecule has 0 saturated carbocycles. The molecule has 0 N–H and O–H groups in total. The van der Waals surface area contributed by atoms with E-state index < -0.39 is 5.97 Å². The Labute approximate surface area is 161 Å². The Bertz CT molecular complexity index is 1020. The van der Waals surface area contributed by atoms with Crippen LogP contribution in [0.2, 0.25) is 0 Å². The maximum Gasteiger partial charge on any atom is 0.339 e. The summed E-state index contributed by atoms with van der Waals surface area (Å²) in [6, 6.07) is 12.6. The van der Waals surface area contributed by atoms with Crippen molar-refractivity contribution < 1.29 is 23.5 Å². The van der Waals surface area contributed by atoms with Crippen LogP contribution < -0.4 is 0 Å². The van der Waals surface area contributed by atoms with E-state index in [4.69, 9.17) is 13.9 Å². The van der Waals surface area contributed by atoms with Crippen molar-refractivity contribution in [3.8, 4) is 11.5 Å². The lowest BCUT2D eigenvalue weighted by molar-refractivity contribution is -0.138. The van der Waals surface area contributed by atoms with Gasteiger partial charge in [-0.05, 0) is 31.2 Å². The highest BCUT2D eigenvalue weighted by atomic mass is 16.5. The summed E-state index contributed by atoms with van der Waals surface area (Å²) < 4.78 is 16.2. The topological polar surface area (TPSA) is 81.9 Å². The fraction of sp³-hybridized carbons (Fsp3) is 0.286. The molecular formula is C21H20N2O5. The van der Waals surface area contributed by atoms with Crippen molar-refractivity contribution in [2.24, 2.45) is 0 Å². The predicted octanol–water partition coefficient (Wildman–Crippen LogP) is 2.82. The quantitative estimate of drug-likeness (QED) is 0.648. The minimum atomic E-state index is -0.565. The number of rotatable bonds is 4. The molecule has 3 aromatic rings. The lowest BCUT2D eigenvalue weighted by atomic mass is 10.1. The summed E-state index contributed by atoms with van der Waals surface area (Å²) in [4.78, 5) is 31.2. The molecule has 4 rings (SSSR count). The average Bonchev–Trinajstić information content (AvgIpc) is 3.18. The molecular weight excluding hydrogens is 360 g/mol. The van der Waals surface area contributed by atoms with Gasteiger partial charge in [-0.2, -0.15) is 0 Å². The molecule has 0 unspecified atom stereocenters. The van der Waals surface area contributed by atoms with Gasteiger partial charge in [0.05, 0.1) is 24.3 Å². The van der Waals surface area contributed by atoms with Crippen molar-refractivity contribution >= 4 is 22.8 Å². The van der Waals surface area contributed by atoms with Crippen LogP contribution in [-0.4, -0.2) is 54.7 Å². The standard InChI is InChI=1S/C21H20N2O5/c1-14-6-7-19(28-14)18-12-16(15-4-2-3-5-17(15)22-18)21(25)27-13-20(24)23-8-10-26-11-9-23/h2-7,12H,8-11,13H2,1H3. The molecule has 0 radical (unpaired) electrons. The Morgan fingerprint density at radius 1 is 1.14 bits per heavy atom. The van der Waals surface area contributed by atoms with Gasteiger partial charge in [0.15, 0.2) is 12.4 Å². The number of furan rings is 1. The molecule has 3 heterocycles. The van der Waals surface area contributed by atoms with Crippen molar-refractivity contribution in [1.82, 2.24) is 9.88 Å². The van der Waals surface area contributed by atoms with Crippen molar-refractivity contribution in [1.29, 1.82) is 0 Å². The zero-order valence-electron chi connectivity index (χ0n) is 15.5. The average molecular weight is 380 g/mol. The second-order valence-corrected chi connectivity index (χ2v) is 6.55. The number of aromatic nitrogens is 1. The summed E-state index contributed by atoms with van der Waals surface area (Å²) in [7, 11) is 0. The summed E-state index contributed by atoms with van der Waals surface area (Å²) in [6.07, 6.45) is 0. The van der Waals surface area contributed by atoms with E-state index in [0.717, 1.165) is 5.76 Å². The number of carbonyl (C=O) groups excluding carboxylic acids is 2. The van der Waals surface area contributed by atoms with Gasteiger partial charge in [-0.3, -0.25) is 4.79 Å². The molecule has 2 aromatic heterocycles. The number of carbonyl (C=O) groups is 2. The van der Waals surface area contributed by atoms with Crippen molar-refractivity contribution in [3.05, 3.63) is 53.8 Å². The van der Waals surface area contributed by atoms with Gasteiger partial charge in [-0.25, -0.2) is 9.78 Å². The lowest BCUT2D eigenvalue weighted by Gasteiger charge is -2.26. The molecule has 7 nitrogen and oxygen atoms in total. The smallest absolute Gasteiger partial charge is 0.339 e. The number of esters is 1. The highest BCUT2D eigenvalue weighted by Crippen LogP contribution is 2.26. The Morgan fingerprint density at radius 3 is 2.68 bits per heavy atom. The number of pyridine rings is 1. The molecule has 1 aliphatic rings. The van der Waals surface area contributed by atoms with Crippen LogP contribution in [0.15, 0.2) is 46.9 Å². The predicted molar refractivity (Wildman–Crippen MR) is 102 cm³/mol. The van der Waals surface area contributed by atoms with Gasteiger partial charge in [0, 0.05) is 18.5 Å². The fourth-order valence-electron chi connectivity index (χ4n) is 3.15. The Kier molecular flexibility index (Phi) is 5.08. The first-order valence-electron chi connectivity index (χ1n) is 9.11. The number of ether oxygens (including phenoxy) is 2. The van der Waals surface area contributed by atoms with Crippen LogP contribution in [0.1, 0.15) is 16.1 Å². The van der Waals surface area contributed by atoms with Crippen LogP contribution in [0.4, 0.5) is 0 Å². The number of morpholine rings is 1. The van der Waals surface area contributed by atoms with Crippen LogP contribution in [0.25, 0.3) is 22.4 Å². The zero-order valence-corrected chi connectivity index (χ0v) is 15.5. The molecule has 1 aromatic carbocycles. The molecule has 0 spiro atoms. The second kappa shape index (κ2) is 7.82. The molecule has 1 saturated heterocycles. The monoisotopic (exact) mass is 380 g/mol. The number of amides is 1. The van der Waals surface area contributed by atoms with E-state index in [9.17, 15) is 9.59 Å². The van der Waals surface area contributed by atoms with E-state index >= 15 is 0 Å². The van der Waals surface area contributed by atoms with E-state index in [2.05, 4.69) is 4.98 Å². The van der Waals surface area contributed by atoms with Gasteiger partial charge >= 0.3 is 5.97 Å². The maximum atomic E-state index is 12.8. The minimum absolute atomic E-state index is 0.225. The third-order valence-corrected chi connectivity index (χ3v) is 4.62. The second-order valence-electron chi connectivity index (χ2n) is 6.55. The normalized spacial score (nSPS) is 14.2. The SMILES string of the molecule is Cc1ccc(-c2cc(C(=O)OCC(=O)N3CCOCC3)c3ccccc3n2)o1. The van der Waals surface area contributed by atoms with Crippen molar-refractivity contribution in [2.45, 2.75) is 6.92 Å². The van der Waals surface area contributed by atoms with Crippen molar-refractivity contribution in [3.63, 3.8) is 0 Å². The summed E-state index contributed by atoms with van der Waals surface area (Å²) in [5.41, 5.74) is 1.54. The van der Waals surface area contributed by atoms with Gasteiger partial charge in [-0.15, -0.1) is 0 Å². The first-order chi connectivity index (χ1) is 13.6. The Balaban J connectivity index is 1.59. The van der Waals surface area contributed by atoms with E-state index in [1.807, 2.05) is 37.3 Å².